The van der Waals surface area contributed by atoms with E-state index in [4.69, 9.17) is 0 Å². The second-order valence-electron chi connectivity index (χ2n) is 9.56. The molecule has 0 unspecified atom stereocenters. The molecule has 2 heteroatoms. The van der Waals surface area contributed by atoms with Crippen molar-refractivity contribution in [1.82, 2.24) is 0 Å². The lowest BCUT2D eigenvalue weighted by atomic mass is 9.90. The number of fused-ring (bicyclic) bond motifs is 4. The number of carbonyl (C=O) groups excluding carboxylic acids is 1. The van der Waals surface area contributed by atoms with E-state index in [0.29, 0.717) is 0 Å². The van der Waals surface area contributed by atoms with Crippen LogP contribution in [0, 0.1) is 0 Å². The Labute approximate surface area is 215 Å². The van der Waals surface area contributed by atoms with Gasteiger partial charge in [0.25, 0.3) is 0 Å². The zero-order valence-corrected chi connectivity index (χ0v) is 20.3. The van der Waals surface area contributed by atoms with Gasteiger partial charge in [-0.3, -0.25) is 4.79 Å². The van der Waals surface area contributed by atoms with E-state index in [0.717, 1.165) is 27.6 Å². The van der Waals surface area contributed by atoms with E-state index < -0.39 is 0 Å². The maximum absolute atomic E-state index is 13.4. The summed E-state index contributed by atoms with van der Waals surface area (Å²) in [6.07, 6.45) is 2.06. The molecule has 0 aliphatic heterocycles. The average Bonchev–Trinajstić information content (AvgIpc) is 2.95. The van der Waals surface area contributed by atoms with Crippen LogP contribution < -0.4 is 4.57 Å². The predicted octanol–water partition coefficient (Wildman–Crippen LogP) is 8.14. The van der Waals surface area contributed by atoms with Crippen LogP contribution in [0.1, 0.15) is 10.4 Å². The summed E-state index contributed by atoms with van der Waals surface area (Å²) in [4.78, 5) is 13.4. The molecule has 7 rings (SSSR count). The first-order valence-electron chi connectivity index (χ1n) is 12.6. The van der Waals surface area contributed by atoms with Crippen molar-refractivity contribution in [3.05, 3.63) is 139 Å². The third-order valence-corrected chi connectivity index (χ3v) is 7.31. The summed E-state index contributed by atoms with van der Waals surface area (Å²) in [5.41, 5.74) is 2.96. The molecule has 37 heavy (non-hydrogen) atoms. The summed E-state index contributed by atoms with van der Waals surface area (Å²) < 4.78 is 2.13. The lowest BCUT2D eigenvalue weighted by molar-refractivity contribution is -0.671. The molecule has 0 radical (unpaired) electrons. The van der Waals surface area contributed by atoms with Gasteiger partial charge in [-0.2, -0.15) is 4.57 Å². The number of carbonyl (C=O) groups is 1. The number of Topliss-reactive ketones (excluding diaryl/α,β-unsaturated/α-hetero) is 1. The van der Waals surface area contributed by atoms with Crippen molar-refractivity contribution in [2.45, 2.75) is 6.54 Å². The molecule has 7 aromatic rings. The Balaban J connectivity index is 1.60. The second kappa shape index (κ2) is 8.69. The fourth-order valence-electron chi connectivity index (χ4n) is 5.55. The van der Waals surface area contributed by atoms with Crippen molar-refractivity contribution >= 4 is 48.9 Å². The van der Waals surface area contributed by atoms with Crippen molar-refractivity contribution < 1.29 is 9.36 Å². The zero-order valence-electron chi connectivity index (χ0n) is 20.3. The summed E-state index contributed by atoms with van der Waals surface area (Å²) in [6, 6.07) is 44.1. The topological polar surface area (TPSA) is 20.9 Å². The van der Waals surface area contributed by atoms with Gasteiger partial charge in [0, 0.05) is 11.6 Å². The number of aromatic nitrogens is 1. The Hall–Kier alpha value is -4.82. The average molecular weight is 475 g/mol. The molecular weight excluding hydrogens is 450 g/mol. The maximum atomic E-state index is 13.4. The van der Waals surface area contributed by atoms with Gasteiger partial charge >= 0.3 is 0 Å². The zero-order chi connectivity index (χ0) is 24.8. The molecule has 0 fully saturated rings. The molecule has 0 aliphatic rings. The summed E-state index contributed by atoms with van der Waals surface area (Å²) in [5.74, 6) is 0.0946. The number of hydrogen-bond acceptors (Lipinski definition) is 1. The number of benzene rings is 6. The fourth-order valence-corrected chi connectivity index (χ4v) is 5.55. The Morgan fingerprint density at radius 1 is 0.514 bits per heavy atom. The Morgan fingerprint density at radius 3 is 1.89 bits per heavy atom. The van der Waals surface area contributed by atoms with E-state index in [1.165, 1.54) is 32.3 Å². The molecular formula is C35H24NO+. The highest BCUT2D eigenvalue weighted by atomic mass is 16.1. The molecule has 0 saturated carbocycles. The van der Waals surface area contributed by atoms with Crippen LogP contribution in [0.3, 0.4) is 0 Å². The van der Waals surface area contributed by atoms with Gasteiger partial charge in [-0.15, -0.1) is 0 Å². The molecule has 0 amide bonds. The standard InChI is InChI=1S/C35H24NO/c37-33(25-11-2-1-3-12-25)23-36-19-18-24-10-6-9-17-31(24)35(36)34-30-16-8-7-15-28(30)21-29-20-26-13-4-5-14-27(26)22-32(29)34/h1-22H,23H2/q+1. The first kappa shape index (κ1) is 21.5. The van der Waals surface area contributed by atoms with Crippen LogP contribution in [0.15, 0.2) is 134 Å². The van der Waals surface area contributed by atoms with Gasteiger partial charge < -0.3 is 0 Å². The minimum atomic E-state index is 0.0946. The highest BCUT2D eigenvalue weighted by molar-refractivity contribution is 6.17. The number of ketones is 1. The molecule has 0 N–H and O–H groups in total. The highest BCUT2D eigenvalue weighted by Gasteiger charge is 2.25. The molecule has 0 aliphatic carbocycles. The van der Waals surface area contributed by atoms with Crippen molar-refractivity contribution in [1.29, 1.82) is 0 Å². The summed E-state index contributed by atoms with van der Waals surface area (Å²) in [5, 5.41) is 9.48. The van der Waals surface area contributed by atoms with Crippen LogP contribution in [0.25, 0.3) is 54.3 Å². The van der Waals surface area contributed by atoms with E-state index in [9.17, 15) is 4.79 Å². The van der Waals surface area contributed by atoms with E-state index in [-0.39, 0.29) is 12.3 Å². The smallest absolute Gasteiger partial charge is 0.227 e. The second-order valence-corrected chi connectivity index (χ2v) is 9.56. The molecule has 174 valence electrons. The normalized spacial score (nSPS) is 11.5. The van der Waals surface area contributed by atoms with E-state index in [1.807, 2.05) is 30.3 Å². The van der Waals surface area contributed by atoms with Gasteiger partial charge in [0.15, 0.2) is 6.20 Å². The Bertz CT molecular complexity index is 1970. The molecule has 0 bridgehead atoms. The molecule has 0 atom stereocenters. The molecule has 2 nitrogen and oxygen atoms in total. The quantitative estimate of drug-likeness (QED) is 0.143. The summed E-state index contributed by atoms with van der Waals surface area (Å²) in [6.45, 7) is 0.266. The third kappa shape index (κ3) is 3.66. The largest absolute Gasteiger partial charge is 0.287 e. The van der Waals surface area contributed by atoms with E-state index >= 15 is 0 Å². The highest BCUT2D eigenvalue weighted by Crippen LogP contribution is 2.39. The molecule has 6 aromatic carbocycles. The van der Waals surface area contributed by atoms with Crippen LogP contribution in [-0.4, -0.2) is 5.78 Å². The molecule has 0 saturated heterocycles. The van der Waals surface area contributed by atoms with E-state index in [2.05, 4.69) is 108 Å². The molecule has 1 heterocycles. The first-order valence-corrected chi connectivity index (χ1v) is 12.6. The van der Waals surface area contributed by atoms with Crippen LogP contribution >= 0.6 is 0 Å². The number of nitrogens with zero attached hydrogens (tertiary/aromatic N) is 1. The van der Waals surface area contributed by atoms with Gasteiger partial charge in [-0.25, -0.2) is 0 Å². The number of hydrogen-bond donors (Lipinski definition) is 0. The number of rotatable bonds is 4. The van der Waals surface area contributed by atoms with Crippen LogP contribution in [-0.2, 0) is 6.54 Å². The van der Waals surface area contributed by atoms with Crippen molar-refractivity contribution in [2.24, 2.45) is 0 Å². The Kier molecular flexibility index (Phi) is 5.04. The van der Waals surface area contributed by atoms with Gasteiger partial charge in [-0.05, 0) is 62.0 Å². The molecule has 1 aromatic heterocycles. The van der Waals surface area contributed by atoms with Crippen molar-refractivity contribution in [3.63, 3.8) is 0 Å². The van der Waals surface area contributed by atoms with Gasteiger partial charge in [0.1, 0.15) is 0 Å². The molecule has 0 spiro atoms. The number of pyridine rings is 1. The van der Waals surface area contributed by atoms with Crippen LogP contribution in [0.5, 0.6) is 0 Å². The Morgan fingerprint density at radius 2 is 1.11 bits per heavy atom. The monoisotopic (exact) mass is 474 g/mol. The SMILES string of the molecule is O=C(C[n+]1ccc2ccccc2c1-c1c2ccccc2cc2cc3ccccc3cc12)c1ccccc1. The van der Waals surface area contributed by atoms with Gasteiger partial charge in [-0.1, -0.05) is 97.1 Å². The maximum Gasteiger partial charge on any atom is 0.227 e. The van der Waals surface area contributed by atoms with Crippen LogP contribution in [0.2, 0.25) is 0 Å². The minimum Gasteiger partial charge on any atom is -0.287 e. The van der Waals surface area contributed by atoms with Crippen molar-refractivity contribution in [2.75, 3.05) is 0 Å². The minimum absolute atomic E-state index is 0.0946. The lowest BCUT2D eigenvalue weighted by Crippen LogP contribution is -2.40. The lowest BCUT2D eigenvalue weighted by Gasteiger charge is -2.14. The van der Waals surface area contributed by atoms with Crippen molar-refractivity contribution in [3.8, 4) is 11.3 Å². The summed E-state index contributed by atoms with van der Waals surface area (Å²) in [7, 11) is 0. The van der Waals surface area contributed by atoms with Gasteiger partial charge in [0.05, 0.1) is 10.9 Å². The fraction of sp³-hybridized carbons (Fsp3) is 0.0286. The van der Waals surface area contributed by atoms with Crippen LogP contribution in [0.4, 0.5) is 0 Å². The summed E-state index contributed by atoms with van der Waals surface area (Å²) >= 11 is 0. The first-order chi connectivity index (χ1) is 18.3. The van der Waals surface area contributed by atoms with E-state index in [1.54, 1.807) is 0 Å². The predicted molar refractivity (Wildman–Crippen MR) is 153 cm³/mol. The van der Waals surface area contributed by atoms with Gasteiger partial charge in [0.2, 0.25) is 18.0 Å². The third-order valence-electron chi connectivity index (χ3n) is 7.31.